The summed E-state index contributed by atoms with van der Waals surface area (Å²) in [6.07, 6.45) is 5.86. The van der Waals surface area contributed by atoms with Crippen LogP contribution in [0.25, 0.3) is 12.2 Å². The van der Waals surface area contributed by atoms with Gasteiger partial charge in [0.25, 0.3) is 0 Å². The zero-order valence-electron chi connectivity index (χ0n) is 15.0. The van der Waals surface area contributed by atoms with Crippen molar-refractivity contribution in [3.63, 3.8) is 0 Å². The second-order valence-corrected chi connectivity index (χ2v) is 8.05. The highest BCUT2D eigenvalue weighted by molar-refractivity contribution is 5.70. The van der Waals surface area contributed by atoms with Gasteiger partial charge in [-0.1, -0.05) is 53.7 Å². The molecular weight excluding hydrogens is 282 g/mol. The van der Waals surface area contributed by atoms with E-state index in [1.54, 1.807) is 6.20 Å². The molecule has 0 saturated carbocycles. The Kier molecular flexibility index (Phi) is 4.65. The van der Waals surface area contributed by atoms with E-state index >= 15 is 0 Å². The van der Waals surface area contributed by atoms with E-state index in [9.17, 15) is 5.11 Å². The number of hydrogen-bond donors (Lipinski definition) is 1. The number of aromatic nitrogens is 1. The molecule has 0 aliphatic carbocycles. The second kappa shape index (κ2) is 6.19. The maximum Gasteiger partial charge on any atom is 0.123 e. The van der Waals surface area contributed by atoms with E-state index in [1.807, 2.05) is 24.3 Å². The zero-order valence-corrected chi connectivity index (χ0v) is 15.0. The van der Waals surface area contributed by atoms with Gasteiger partial charge in [-0.15, -0.1) is 0 Å². The molecule has 1 N–H and O–H groups in total. The molecule has 0 atom stereocenters. The molecule has 122 valence electrons. The zero-order chi connectivity index (χ0) is 17.3. The average Bonchev–Trinajstić information content (AvgIpc) is 2.44. The molecule has 23 heavy (non-hydrogen) atoms. The molecule has 0 saturated heterocycles. The van der Waals surface area contributed by atoms with Crippen LogP contribution in [0.5, 0.6) is 5.75 Å². The summed E-state index contributed by atoms with van der Waals surface area (Å²) in [5.74, 6) is 0.417. The predicted molar refractivity (Wildman–Crippen MR) is 98.7 cm³/mol. The number of hydrogen-bond acceptors (Lipinski definition) is 2. The van der Waals surface area contributed by atoms with Crippen molar-refractivity contribution < 1.29 is 5.11 Å². The number of rotatable bonds is 2. The molecule has 0 fully saturated rings. The highest BCUT2D eigenvalue weighted by atomic mass is 16.3. The minimum atomic E-state index is -0.112. The maximum atomic E-state index is 10.7. The largest absolute Gasteiger partial charge is 0.507 e. The van der Waals surface area contributed by atoms with Gasteiger partial charge in [-0.2, -0.15) is 0 Å². The normalized spacial score (nSPS) is 12.8. The van der Waals surface area contributed by atoms with E-state index in [4.69, 9.17) is 0 Å². The Balaban J connectivity index is 2.54. The van der Waals surface area contributed by atoms with Gasteiger partial charge in [-0.05, 0) is 46.7 Å². The lowest BCUT2D eigenvalue weighted by molar-refractivity contribution is 0.423. The topological polar surface area (TPSA) is 33.1 Å². The minimum Gasteiger partial charge on any atom is -0.507 e. The monoisotopic (exact) mass is 309 g/mol. The Labute approximate surface area is 139 Å². The summed E-state index contributed by atoms with van der Waals surface area (Å²) in [5.41, 5.74) is 3.74. The van der Waals surface area contributed by atoms with Crippen molar-refractivity contribution in [2.24, 2.45) is 0 Å². The van der Waals surface area contributed by atoms with E-state index in [0.717, 1.165) is 22.4 Å². The maximum absolute atomic E-state index is 10.7. The molecule has 1 aromatic carbocycles. The lowest BCUT2D eigenvalue weighted by atomic mass is 9.78. The van der Waals surface area contributed by atoms with Gasteiger partial charge in [0.15, 0.2) is 0 Å². The molecule has 0 unspecified atom stereocenters. The Morgan fingerprint density at radius 2 is 1.43 bits per heavy atom. The number of nitrogens with zero attached hydrogens (tertiary/aromatic N) is 1. The molecule has 2 rings (SSSR count). The molecule has 1 heterocycles. The Morgan fingerprint density at radius 1 is 0.870 bits per heavy atom. The third-order valence-electron chi connectivity index (χ3n) is 3.88. The van der Waals surface area contributed by atoms with Gasteiger partial charge in [0.1, 0.15) is 5.75 Å². The van der Waals surface area contributed by atoms with Gasteiger partial charge >= 0.3 is 0 Å². The van der Waals surface area contributed by atoms with Gasteiger partial charge in [-0.3, -0.25) is 4.98 Å². The van der Waals surface area contributed by atoms with Crippen LogP contribution in [0.1, 0.15) is 63.9 Å². The Hall–Kier alpha value is -2.09. The first kappa shape index (κ1) is 17.3. The summed E-state index contributed by atoms with van der Waals surface area (Å²) in [7, 11) is 0. The molecule has 0 radical (unpaired) electrons. The molecule has 0 aliphatic rings. The van der Waals surface area contributed by atoms with Gasteiger partial charge in [-0.25, -0.2) is 0 Å². The fraction of sp³-hybridized carbons (Fsp3) is 0.381. The lowest BCUT2D eigenvalue weighted by Gasteiger charge is -2.27. The van der Waals surface area contributed by atoms with Crippen LogP contribution in [-0.2, 0) is 10.8 Å². The molecule has 2 aromatic rings. The van der Waals surface area contributed by atoms with Crippen LogP contribution in [-0.4, -0.2) is 10.1 Å². The Morgan fingerprint density at radius 3 is 1.87 bits per heavy atom. The minimum absolute atomic E-state index is 0.112. The van der Waals surface area contributed by atoms with Gasteiger partial charge in [0.2, 0.25) is 0 Å². The highest BCUT2D eigenvalue weighted by Gasteiger charge is 2.26. The van der Waals surface area contributed by atoms with Gasteiger partial charge in [0.05, 0.1) is 5.69 Å². The fourth-order valence-electron chi connectivity index (χ4n) is 2.55. The summed E-state index contributed by atoms with van der Waals surface area (Å²) < 4.78 is 0. The van der Waals surface area contributed by atoms with Crippen molar-refractivity contribution in [1.82, 2.24) is 4.98 Å². The highest BCUT2D eigenvalue weighted by Crippen LogP contribution is 2.40. The molecule has 2 heteroatoms. The first-order valence-corrected chi connectivity index (χ1v) is 8.06. The van der Waals surface area contributed by atoms with E-state index in [2.05, 4.69) is 64.7 Å². The molecule has 1 aromatic heterocycles. The SMILES string of the molecule is CC(C)(C)c1cc(/C=C\c2ccccn2)cc(C(C)(C)C)c1O. The van der Waals surface area contributed by atoms with E-state index in [0.29, 0.717) is 5.75 Å². The fourth-order valence-corrected chi connectivity index (χ4v) is 2.55. The van der Waals surface area contributed by atoms with Crippen molar-refractivity contribution in [1.29, 1.82) is 0 Å². The average molecular weight is 309 g/mol. The second-order valence-electron chi connectivity index (χ2n) is 8.05. The number of aromatic hydroxyl groups is 1. The summed E-state index contributed by atoms with van der Waals surface area (Å²) in [4.78, 5) is 4.32. The number of pyridine rings is 1. The third kappa shape index (κ3) is 4.22. The van der Waals surface area contributed by atoms with Crippen molar-refractivity contribution in [2.75, 3.05) is 0 Å². The summed E-state index contributed by atoms with van der Waals surface area (Å²) in [6.45, 7) is 12.8. The first-order chi connectivity index (χ1) is 10.6. The third-order valence-corrected chi connectivity index (χ3v) is 3.88. The predicted octanol–water partition coefficient (Wildman–Crippen LogP) is 5.55. The number of phenols is 1. The van der Waals surface area contributed by atoms with Crippen molar-refractivity contribution in [3.05, 3.63) is 58.9 Å². The van der Waals surface area contributed by atoms with E-state index < -0.39 is 0 Å². The van der Waals surface area contributed by atoms with Crippen LogP contribution in [0, 0.1) is 0 Å². The van der Waals surface area contributed by atoms with Crippen LogP contribution < -0.4 is 0 Å². The van der Waals surface area contributed by atoms with Crippen LogP contribution in [0.4, 0.5) is 0 Å². The van der Waals surface area contributed by atoms with Crippen molar-refractivity contribution in [3.8, 4) is 5.75 Å². The standard InChI is InChI=1S/C21H27NO/c1-20(2,3)17-13-15(10-11-16-9-7-8-12-22-16)14-18(19(17)23)21(4,5)6/h7-14,23H,1-6H3/b11-10-. The van der Waals surface area contributed by atoms with Crippen LogP contribution in [0.2, 0.25) is 0 Å². The quantitative estimate of drug-likeness (QED) is 0.788. The van der Waals surface area contributed by atoms with Crippen LogP contribution in [0.15, 0.2) is 36.5 Å². The smallest absolute Gasteiger partial charge is 0.123 e. The van der Waals surface area contributed by atoms with E-state index in [-0.39, 0.29) is 10.8 Å². The summed E-state index contributed by atoms with van der Waals surface area (Å²) in [5, 5.41) is 10.7. The molecule has 2 nitrogen and oxygen atoms in total. The summed E-state index contributed by atoms with van der Waals surface area (Å²) >= 11 is 0. The molecule has 0 spiro atoms. The first-order valence-electron chi connectivity index (χ1n) is 8.06. The number of benzene rings is 1. The molecular formula is C21H27NO. The van der Waals surface area contributed by atoms with Gasteiger partial charge < -0.3 is 5.11 Å². The van der Waals surface area contributed by atoms with Crippen LogP contribution >= 0.6 is 0 Å². The Bertz CT molecular complexity index is 666. The van der Waals surface area contributed by atoms with Gasteiger partial charge in [0, 0.05) is 17.3 Å². The lowest BCUT2D eigenvalue weighted by Crippen LogP contribution is -2.17. The molecule has 0 aliphatic heterocycles. The van der Waals surface area contributed by atoms with Crippen molar-refractivity contribution in [2.45, 2.75) is 52.4 Å². The van der Waals surface area contributed by atoms with Crippen molar-refractivity contribution >= 4 is 12.2 Å². The van der Waals surface area contributed by atoms with E-state index in [1.165, 1.54) is 0 Å². The molecule has 0 bridgehead atoms. The number of phenolic OH excluding ortho intramolecular Hbond substituents is 1. The summed E-state index contributed by atoms with van der Waals surface area (Å²) in [6, 6.07) is 10.0. The molecule has 0 amide bonds. The van der Waals surface area contributed by atoms with Crippen LogP contribution in [0.3, 0.4) is 0 Å².